The van der Waals surface area contributed by atoms with E-state index in [1.54, 1.807) is 0 Å². The molecule has 0 bridgehead atoms. The molecule has 210 valence electrons. The largest absolute Gasteiger partial charge is 0.393 e. The maximum absolute atomic E-state index is 14.0. The lowest BCUT2D eigenvalue weighted by atomic mass is 9.90. The van der Waals surface area contributed by atoms with Gasteiger partial charge in [-0.1, -0.05) is 0 Å². The number of nitrogens with one attached hydrogen (secondary N) is 2. The minimum absolute atomic E-state index is 0.141. The molecule has 0 saturated carbocycles. The van der Waals surface area contributed by atoms with E-state index in [2.05, 4.69) is 41.8 Å². The average molecular weight is 700 g/mol. The molecule has 0 aliphatic rings. The zero-order valence-electron chi connectivity index (χ0n) is 17.5. The van der Waals surface area contributed by atoms with Crippen LogP contribution >= 0.6 is 31.9 Å². The van der Waals surface area contributed by atoms with Gasteiger partial charge in [-0.15, -0.1) is 0 Å². The summed E-state index contributed by atoms with van der Waals surface area (Å²) in [5.74, 6) is -54.3. The fraction of sp³-hybridized carbons (Fsp3) is 0.333. The highest BCUT2D eigenvalue weighted by Crippen LogP contribution is 2.60. The van der Waals surface area contributed by atoms with Gasteiger partial charge in [-0.3, -0.25) is 9.59 Å². The Hall–Kier alpha value is -2.64. The predicted molar refractivity (Wildman–Crippen MR) is 111 cm³/mol. The van der Waals surface area contributed by atoms with Gasteiger partial charge >= 0.3 is 47.3 Å². The number of hydrogen-bond donors (Lipinski definition) is 2. The lowest BCUT2D eigenvalue weighted by Crippen LogP contribution is -2.73. The number of carbonyl (C=O) groups is 2. The number of halogens is 14. The number of aromatic nitrogens is 2. The van der Waals surface area contributed by atoms with Crippen LogP contribution in [0.3, 0.4) is 0 Å². The second-order valence-electron chi connectivity index (χ2n) is 7.08. The summed E-state index contributed by atoms with van der Waals surface area (Å²) in [7, 11) is 0. The van der Waals surface area contributed by atoms with Crippen molar-refractivity contribution < 1.29 is 62.3 Å². The minimum atomic E-state index is -8.06. The molecule has 38 heavy (non-hydrogen) atoms. The standard InChI is InChI=1S/C18H8Br2F12N4O2/c19-7-1-3-9(33-5-7)35-11(37)13(21,22)15(25,26)17(29,30)18(31,32)16(27,28)14(23,24)12(38)36-10-4-2-8(20)6-34-10/h1-6H,(H,33,35,37)(H,34,36,38). The van der Waals surface area contributed by atoms with Crippen LogP contribution in [-0.2, 0) is 9.59 Å². The molecule has 2 rings (SSSR count). The monoisotopic (exact) mass is 698 g/mol. The van der Waals surface area contributed by atoms with Crippen molar-refractivity contribution in [3.8, 4) is 0 Å². The number of carbonyl (C=O) groups excluding carboxylic acids is 2. The van der Waals surface area contributed by atoms with E-state index in [1.165, 1.54) is 0 Å². The number of alkyl halides is 12. The molecule has 0 aromatic carbocycles. The van der Waals surface area contributed by atoms with Gasteiger partial charge in [0.25, 0.3) is 0 Å². The summed E-state index contributed by atoms with van der Waals surface area (Å²) >= 11 is 5.61. The molecule has 0 saturated heterocycles. The Bertz CT molecular complexity index is 1100. The first-order chi connectivity index (χ1) is 17.0. The molecule has 2 heterocycles. The first kappa shape index (κ1) is 31.6. The summed E-state index contributed by atoms with van der Waals surface area (Å²) in [4.78, 5) is 29.5. The highest BCUT2D eigenvalue weighted by molar-refractivity contribution is 9.10. The maximum Gasteiger partial charge on any atom is 0.393 e. The zero-order chi connectivity index (χ0) is 29.5. The van der Waals surface area contributed by atoms with Gasteiger partial charge in [-0.25, -0.2) is 9.97 Å². The topological polar surface area (TPSA) is 84.0 Å². The van der Waals surface area contributed by atoms with E-state index in [0.717, 1.165) is 35.2 Å². The van der Waals surface area contributed by atoms with Gasteiger partial charge in [-0.2, -0.15) is 52.7 Å². The molecular formula is C18H8Br2F12N4O2. The molecule has 20 heteroatoms. The van der Waals surface area contributed by atoms with E-state index in [0.29, 0.717) is 12.1 Å². The molecular weight excluding hydrogens is 692 g/mol. The van der Waals surface area contributed by atoms with Crippen LogP contribution in [0.15, 0.2) is 45.6 Å². The van der Waals surface area contributed by atoms with Crippen LogP contribution in [0.4, 0.5) is 64.3 Å². The Labute approximate surface area is 219 Å². The molecule has 2 aromatic rings. The molecule has 0 aliphatic heterocycles. The van der Waals surface area contributed by atoms with Gasteiger partial charge in [0, 0.05) is 21.3 Å². The smallest absolute Gasteiger partial charge is 0.305 e. The number of nitrogens with zero attached hydrogens (tertiary/aromatic N) is 2. The van der Waals surface area contributed by atoms with Gasteiger partial charge < -0.3 is 10.6 Å². The minimum Gasteiger partial charge on any atom is -0.305 e. The third-order valence-electron chi connectivity index (χ3n) is 4.48. The summed E-state index contributed by atoms with van der Waals surface area (Å²) < 4.78 is 169. The van der Waals surface area contributed by atoms with Crippen molar-refractivity contribution in [1.82, 2.24) is 9.97 Å². The molecule has 0 unspecified atom stereocenters. The van der Waals surface area contributed by atoms with Gasteiger partial charge in [0.1, 0.15) is 11.6 Å². The molecule has 6 nitrogen and oxygen atoms in total. The molecule has 0 fully saturated rings. The van der Waals surface area contributed by atoms with Crippen molar-refractivity contribution in [2.75, 3.05) is 10.6 Å². The summed E-state index contributed by atoms with van der Waals surface area (Å²) in [6, 6.07) is 3.24. The maximum atomic E-state index is 14.0. The number of rotatable bonds is 9. The van der Waals surface area contributed by atoms with Gasteiger partial charge in [0.05, 0.1) is 0 Å². The molecule has 2 aromatic heterocycles. The van der Waals surface area contributed by atoms with Crippen molar-refractivity contribution in [2.24, 2.45) is 0 Å². The molecule has 2 N–H and O–H groups in total. The normalized spacial score (nSPS) is 13.7. The number of anilines is 2. The zero-order valence-corrected chi connectivity index (χ0v) is 20.6. The van der Waals surface area contributed by atoms with Crippen molar-refractivity contribution in [1.29, 1.82) is 0 Å². The van der Waals surface area contributed by atoms with Crippen molar-refractivity contribution >= 4 is 55.3 Å². The highest BCUT2D eigenvalue weighted by Gasteiger charge is 2.92. The van der Waals surface area contributed by atoms with Gasteiger partial charge in [0.2, 0.25) is 0 Å². The van der Waals surface area contributed by atoms with Crippen LogP contribution in [0.5, 0.6) is 0 Å². The lowest BCUT2D eigenvalue weighted by Gasteiger charge is -2.40. The van der Waals surface area contributed by atoms with E-state index >= 15 is 0 Å². The van der Waals surface area contributed by atoms with Crippen LogP contribution in [-0.4, -0.2) is 57.3 Å². The second-order valence-corrected chi connectivity index (χ2v) is 8.91. The summed E-state index contributed by atoms with van der Waals surface area (Å²) in [6.07, 6.45) is 1.57. The molecule has 2 amide bonds. The quantitative estimate of drug-likeness (QED) is 0.298. The van der Waals surface area contributed by atoms with Crippen molar-refractivity contribution in [3.63, 3.8) is 0 Å². The Kier molecular flexibility index (Phi) is 8.44. The molecule has 0 radical (unpaired) electrons. The van der Waals surface area contributed by atoms with E-state index in [-0.39, 0.29) is 8.95 Å². The third kappa shape index (κ3) is 5.15. The van der Waals surface area contributed by atoms with E-state index in [4.69, 9.17) is 0 Å². The van der Waals surface area contributed by atoms with E-state index in [9.17, 15) is 62.3 Å². The Balaban J connectivity index is 2.42. The molecule has 0 aliphatic carbocycles. The average Bonchev–Trinajstić information content (AvgIpc) is 2.81. The summed E-state index contributed by atoms with van der Waals surface area (Å²) in [5.41, 5.74) is 0. The number of amides is 2. The second kappa shape index (κ2) is 10.2. The predicted octanol–water partition coefficient (Wildman–Crippen LogP) is 6.39. The SMILES string of the molecule is O=C(Nc1ccc(Br)cn1)C(F)(F)C(F)(F)C(F)(F)C(F)(F)C(F)(F)C(F)(F)C(=O)Nc1ccc(Br)cn1. The van der Waals surface area contributed by atoms with Crippen LogP contribution in [0.2, 0.25) is 0 Å². The molecule has 0 atom stereocenters. The van der Waals surface area contributed by atoms with Crippen molar-refractivity contribution in [2.45, 2.75) is 35.5 Å². The van der Waals surface area contributed by atoms with Crippen LogP contribution in [0.1, 0.15) is 0 Å². The fourth-order valence-corrected chi connectivity index (χ4v) is 2.83. The summed E-state index contributed by atoms with van der Waals surface area (Å²) in [6.45, 7) is 0. The van der Waals surface area contributed by atoms with Crippen LogP contribution < -0.4 is 10.6 Å². The Morgan fingerprint density at radius 2 is 0.842 bits per heavy atom. The first-order valence-electron chi connectivity index (χ1n) is 9.17. The Morgan fingerprint density at radius 1 is 0.553 bits per heavy atom. The van der Waals surface area contributed by atoms with Crippen LogP contribution in [0, 0.1) is 0 Å². The highest BCUT2D eigenvalue weighted by atomic mass is 79.9. The lowest BCUT2D eigenvalue weighted by molar-refractivity contribution is -0.414. The van der Waals surface area contributed by atoms with E-state index < -0.39 is 59.0 Å². The fourth-order valence-electron chi connectivity index (χ4n) is 2.36. The van der Waals surface area contributed by atoms with Gasteiger partial charge in [0.15, 0.2) is 0 Å². The first-order valence-corrected chi connectivity index (χ1v) is 10.8. The molecule has 0 spiro atoms. The summed E-state index contributed by atoms with van der Waals surface area (Å²) in [5, 5.41) is 1.74. The third-order valence-corrected chi connectivity index (χ3v) is 5.42. The van der Waals surface area contributed by atoms with Crippen LogP contribution in [0.25, 0.3) is 0 Å². The van der Waals surface area contributed by atoms with E-state index in [1.807, 2.05) is 0 Å². The number of pyridine rings is 2. The Morgan fingerprint density at radius 3 is 1.08 bits per heavy atom. The van der Waals surface area contributed by atoms with Crippen molar-refractivity contribution in [3.05, 3.63) is 45.6 Å². The number of hydrogen-bond acceptors (Lipinski definition) is 4. The van der Waals surface area contributed by atoms with Gasteiger partial charge in [-0.05, 0) is 56.1 Å².